The van der Waals surface area contributed by atoms with Crippen molar-refractivity contribution in [2.75, 3.05) is 33.3 Å². The van der Waals surface area contributed by atoms with Crippen LogP contribution in [0.2, 0.25) is 0 Å². The number of hydrogen-bond acceptors (Lipinski definition) is 3. The molecule has 1 aliphatic rings. The van der Waals surface area contributed by atoms with Crippen LogP contribution in [0.25, 0.3) is 0 Å². The molecule has 0 saturated carbocycles. The number of rotatable bonds is 5. The van der Waals surface area contributed by atoms with E-state index in [1.54, 1.807) is 7.11 Å². The number of benzene rings is 1. The second-order valence-corrected chi connectivity index (χ2v) is 6.29. The summed E-state index contributed by atoms with van der Waals surface area (Å²) in [5.41, 5.74) is 3.62. The summed E-state index contributed by atoms with van der Waals surface area (Å²) in [6.07, 6.45) is 1.74. The van der Waals surface area contributed by atoms with Crippen molar-refractivity contribution >= 4 is 5.91 Å². The zero-order valence-corrected chi connectivity index (χ0v) is 14.2. The van der Waals surface area contributed by atoms with Crippen LogP contribution < -0.4 is 10.1 Å². The van der Waals surface area contributed by atoms with E-state index in [0.717, 1.165) is 44.8 Å². The molecule has 0 radical (unpaired) electrons. The minimum Gasteiger partial charge on any atom is -0.496 e. The van der Waals surface area contributed by atoms with E-state index < -0.39 is 0 Å². The van der Waals surface area contributed by atoms with E-state index in [9.17, 15) is 4.79 Å². The van der Waals surface area contributed by atoms with Gasteiger partial charge in [-0.25, -0.2) is 0 Å². The third-order valence-corrected chi connectivity index (χ3v) is 4.40. The predicted octanol–water partition coefficient (Wildman–Crippen LogP) is 2.31. The van der Waals surface area contributed by atoms with E-state index in [2.05, 4.69) is 31.3 Å². The van der Waals surface area contributed by atoms with Crippen molar-refractivity contribution in [3.8, 4) is 5.75 Å². The summed E-state index contributed by atoms with van der Waals surface area (Å²) in [6.45, 7) is 9.69. The first-order valence-corrected chi connectivity index (χ1v) is 8.16. The topological polar surface area (TPSA) is 41.6 Å². The van der Waals surface area contributed by atoms with Crippen molar-refractivity contribution in [1.82, 2.24) is 10.2 Å². The number of methoxy groups -OCH3 is 1. The molecule has 1 unspecified atom stereocenters. The molecule has 1 N–H and O–H groups in total. The minimum absolute atomic E-state index is 0.0589. The van der Waals surface area contributed by atoms with Gasteiger partial charge in [-0.3, -0.25) is 4.79 Å². The van der Waals surface area contributed by atoms with Crippen molar-refractivity contribution < 1.29 is 9.53 Å². The summed E-state index contributed by atoms with van der Waals surface area (Å²) >= 11 is 0. The zero-order valence-electron chi connectivity index (χ0n) is 14.2. The van der Waals surface area contributed by atoms with Crippen molar-refractivity contribution in [3.63, 3.8) is 0 Å². The molecule has 0 spiro atoms. The van der Waals surface area contributed by atoms with Gasteiger partial charge in [0.15, 0.2) is 0 Å². The Bertz CT molecular complexity index is 522. The van der Waals surface area contributed by atoms with Gasteiger partial charge in [0.2, 0.25) is 5.91 Å². The highest BCUT2D eigenvalue weighted by atomic mass is 16.5. The molecule has 1 aliphatic heterocycles. The SMILES string of the molecule is COc1c(C)cc(C)cc1CCC(C)C(=O)N1CCNCC1. The quantitative estimate of drug-likeness (QED) is 0.907. The van der Waals surface area contributed by atoms with Gasteiger partial charge in [-0.15, -0.1) is 0 Å². The third-order valence-electron chi connectivity index (χ3n) is 4.40. The lowest BCUT2D eigenvalue weighted by Crippen LogP contribution is -2.48. The molecule has 1 saturated heterocycles. The van der Waals surface area contributed by atoms with Crippen LogP contribution in [0.5, 0.6) is 5.75 Å². The van der Waals surface area contributed by atoms with E-state index in [-0.39, 0.29) is 11.8 Å². The smallest absolute Gasteiger partial charge is 0.225 e. The molecule has 22 heavy (non-hydrogen) atoms. The molecule has 4 heteroatoms. The maximum atomic E-state index is 12.5. The number of carbonyl (C=O) groups is 1. The summed E-state index contributed by atoms with van der Waals surface area (Å²) in [6, 6.07) is 4.31. The zero-order chi connectivity index (χ0) is 16.1. The lowest BCUT2D eigenvalue weighted by Gasteiger charge is -2.30. The van der Waals surface area contributed by atoms with Crippen LogP contribution in [0.4, 0.5) is 0 Å². The van der Waals surface area contributed by atoms with Crippen LogP contribution in [-0.2, 0) is 11.2 Å². The van der Waals surface area contributed by atoms with Gasteiger partial charge in [-0.2, -0.15) is 0 Å². The number of nitrogens with zero attached hydrogens (tertiary/aromatic N) is 1. The van der Waals surface area contributed by atoms with Crippen molar-refractivity contribution in [1.29, 1.82) is 0 Å². The highest BCUT2D eigenvalue weighted by molar-refractivity contribution is 5.78. The number of carbonyl (C=O) groups excluding carboxylic acids is 1. The first-order chi connectivity index (χ1) is 10.5. The predicted molar refractivity (Wildman–Crippen MR) is 89.4 cm³/mol. The summed E-state index contributed by atoms with van der Waals surface area (Å²) in [4.78, 5) is 14.5. The normalized spacial score (nSPS) is 16.5. The summed E-state index contributed by atoms with van der Waals surface area (Å²) < 4.78 is 5.54. The molecule has 1 fully saturated rings. The summed E-state index contributed by atoms with van der Waals surface area (Å²) in [7, 11) is 1.72. The van der Waals surface area contributed by atoms with Gasteiger partial charge in [-0.1, -0.05) is 24.6 Å². The standard InChI is InChI=1S/C18H28N2O2/c1-13-11-15(3)17(22-4)16(12-13)6-5-14(2)18(21)20-9-7-19-8-10-20/h11-12,14,19H,5-10H2,1-4H3. The fourth-order valence-electron chi connectivity index (χ4n) is 3.21. The van der Waals surface area contributed by atoms with E-state index >= 15 is 0 Å². The number of aryl methyl sites for hydroxylation is 3. The van der Waals surface area contributed by atoms with Crippen molar-refractivity contribution in [2.45, 2.75) is 33.6 Å². The van der Waals surface area contributed by atoms with Gasteiger partial charge in [0, 0.05) is 32.1 Å². The Morgan fingerprint density at radius 2 is 2.00 bits per heavy atom. The fraction of sp³-hybridized carbons (Fsp3) is 0.611. The number of nitrogens with one attached hydrogen (secondary N) is 1. The molecule has 0 bridgehead atoms. The molecule has 1 amide bonds. The Morgan fingerprint density at radius 3 is 2.64 bits per heavy atom. The van der Waals surface area contributed by atoms with Gasteiger partial charge in [0.05, 0.1) is 7.11 Å². The number of ether oxygens (including phenoxy) is 1. The van der Waals surface area contributed by atoms with E-state index in [4.69, 9.17) is 4.74 Å². The molecule has 1 atom stereocenters. The molecule has 2 rings (SSSR count). The highest BCUT2D eigenvalue weighted by Crippen LogP contribution is 2.27. The number of amides is 1. The van der Waals surface area contributed by atoms with Gasteiger partial charge < -0.3 is 15.0 Å². The monoisotopic (exact) mass is 304 g/mol. The molecule has 0 aromatic heterocycles. The van der Waals surface area contributed by atoms with Crippen LogP contribution in [-0.4, -0.2) is 44.1 Å². The molecule has 122 valence electrons. The Hall–Kier alpha value is -1.55. The van der Waals surface area contributed by atoms with Gasteiger partial charge in [-0.05, 0) is 37.8 Å². The van der Waals surface area contributed by atoms with Crippen LogP contribution in [0.1, 0.15) is 30.0 Å². The van der Waals surface area contributed by atoms with E-state index in [1.807, 2.05) is 11.8 Å². The summed E-state index contributed by atoms with van der Waals surface area (Å²) in [5.74, 6) is 1.31. The van der Waals surface area contributed by atoms with Crippen molar-refractivity contribution in [2.24, 2.45) is 5.92 Å². The Labute approximate surface area is 133 Å². The number of hydrogen-bond donors (Lipinski definition) is 1. The van der Waals surface area contributed by atoms with Crippen LogP contribution >= 0.6 is 0 Å². The maximum absolute atomic E-state index is 12.5. The second-order valence-electron chi connectivity index (χ2n) is 6.29. The minimum atomic E-state index is 0.0589. The molecule has 1 aromatic carbocycles. The van der Waals surface area contributed by atoms with Crippen molar-refractivity contribution in [3.05, 3.63) is 28.8 Å². The van der Waals surface area contributed by atoms with Crippen LogP contribution in [0.15, 0.2) is 12.1 Å². The number of piperazine rings is 1. The van der Waals surface area contributed by atoms with Gasteiger partial charge in [0.25, 0.3) is 0 Å². The van der Waals surface area contributed by atoms with Crippen LogP contribution in [0.3, 0.4) is 0 Å². The Kier molecular flexibility index (Phi) is 5.83. The fourth-order valence-corrected chi connectivity index (χ4v) is 3.21. The second kappa shape index (κ2) is 7.63. The van der Waals surface area contributed by atoms with E-state index in [1.165, 1.54) is 16.7 Å². The van der Waals surface area contributed by atoms with Crippen LogP contribution in [0, 0.1) is 19.8 Å². The average molecular weight is 304 g/mol. The maximum Gasteiger partial charge on any atom is 0.225 e. The molecule has 1 heterocycles. The largest absolute Gasteiger partial charge is 0.496 e. The van der Waals surface area contributed by atoms with Gasteiger partial charge in [0.1, 0.15) is 5.75 Å². The first-order valence-electron chi connectivity index (χ1n) is 8.16. The van der Waals surface area contributed by atoms with Gasteiger partial charge >= 0.3 is 0 Å². The first kappa shape index (κ1) is 16.8. The molecule has 0 aliphatic carbocycles. The summed E-state index contributed by atoms with van der Waals surface area (Å²) in [5, 5.41) is 3.28. The molecular weight excluding hydrogens is 276 g/mol. The average Bonchev–Trinajstić information content (AvgIpc) is 2.52. The molecule has 1 aromatic rings. The Balaban J connectivity index is 1.98. The molecular formula is C18H28N2O2. The lowest BCUT2D eigenvalue weighted by atomic mass is 9.96. The molecule has 4 nitrogen and oxygen atoms in total. The lowest BCUT2D eigenvalue weighted by molar-refractivity contribution is -0.135. The van der Waals surface area contributed by atoms with E-state index in [0.29, 0.717) is 0 Å². The third kappa shape index (κ3) is 4.01. The highest BCUT2D eigenvalue weighted by Gasteiger charge is 2.22. The Morgan fingerprint density at radius 1 is 1.32 bits per heavy atom.